The number of halogens is 1. The first-order chi connectivity index (χ1) is 15.8. The maximum absolute atomic E-state index is 13.3. The monoisotopic (exact) mass is 480 g/mol. The van der Waals surface area contributed by atoms with Gasteiger partial charge in [0.15, 0.2) is 5.16 Å². The number of nitro benzene ring substituents is 1. The van der Waals surface area contributed by atoms with E-state index in [1.165, 1.54) is 28.5 Å². The van der Waals surface area contributed by atoms with Crippen LogP contribution in [0.2, 0.25) is 5.02 Å². The van der Waals surface area contributed by atoms with Crippen LogP contribution in [0.1, 0.15) is 21.5 Å². The zero-order chi connectivity index (χ0) is 23.5. The van der Waals surface area contributed by atoms with Gasteiger partial charge in [0, 0.05) is 28.0 Å². The lowest BCUT2D eigenvalue weighted by molar-refractivity contribution is -0.385. The largest absolute Gasteiger partial charge is 0.366 e. The summed E-state index contributed by atoms with van der Waals surface area (Å²) in [6, 6.07) is 18.3. The third-order valence-electron chi connectivity index (χ3n) is 5.04. The van der Waals surface area contributed by atoms with Gasteiger partial charge in [0.05, 0.1) is 22.4 Å². The molecule has 0 radical (unpaired) electrons. The average Bonchev–Trinajstić information content (AvgIpc) is 2.80. The van der Waals surface area contributed by atoms with Crippen LogP contribution in [0.4, 0.5) is 5.69 Å². The summed E-state index contributed by atoms with van der Waals surface area (Å²) in [5.74, 6) is -0.593. The van der Waals surface area contributed by atoms with E-state index in [0.717, 1.165) is 11.6 Å². The van der Waals surface area contributed by atoms with Crippen molar-refractivity contribution in [2.75, 3.05) is 0 Å². The van der Waals surface area contributed by atoms with Gasteiger partial charge in [0.2, 0.25) is 5.91 Å². The Labute approximate surface area is 197 Å². The maximum Gasteiger partial charge on any atom is 0.274 e. The highest BCUT2D eigenvalue weighted by atomic mass is 35.5. The van der Waals surface area contributed by atoms with Crippen LogP contribution in [-0.2, 0) is 12.3 Å². The summed E-state index contributed by atoms with van der Waals surface area (Å²) < 4.78 is 1.51. The molecule has 3 aromatic carbocycles. The molecule has 0 unspecified atom stereocenters. The fourth-order valence-corrected chi connectivity index (χ4v) is 4.54. The molecule has 1 amide bonds. The third kappa shape index (κ3) is 4.74. The summed E-state index contributed by atoms with van der Waals surface area (Å²) in [7, 11) is 0. The molecule has 1 heterocycles. The molecule has 0 aliphatic heterocycles. The minimum atomic E-state index is -0.748. The number of thioether (sulfide) groups is 1. The van der Waals surface area contributed by atoms with Crippen molar-refractivity contribution in [1.29, 1.82) is 0 Å². The van der Waals surface area contributed by atoms with Gasteiger partial charge < -0.3 is 5.73 Å². The van der Waals surface area contributed by atoms with Crippen molar-refractivity contribution >= 4 is 45.9 Å². The summed E-state index contributed by atoms with van der Waals surface area (Å²) >= 11 is 7.50. The molecule has 4 rings (SSSR count). The Hall–Kier alpha value is -3.69. The molecule has 2 N–H and O–H groups in total. The quantitative estimate of drug-likeness (QED) is 0.181. The number of aromatic nitrogens is 2. The molecule has 0 spiro atoms. The van der Waals surface area contributed by atoms with E-state index in [1.54, 1.807) is 36.4 Å². The zero-order valence-electron chi connectivity index (χ0n) is 17.1. The number of fused-ring (bicyclic) bond motifs is 1. The Morgan fingerprint density at radius 3 is 2.55 bits per heavy atom. The summed E-state index contributed by atoms with van der Waals surface area (Å²) in [5.41, 5.74) is 6.49. The van der Waals surface area contributed by atoms with E-state index in [-0.39, 0.29) is 29.1 Å². The first kappa shape index (κ1) is 22.5. The standard InChI is InChI=1S/C23H17ClN4O4S/c24-18-7-3-1-5-15(18)12-27-22(30)17-6-2-4-8-19(17)26-23(27)33-13-16-10-9-14(21(25)29)11-20(16)28(31)32/h1-11H,12-13H2,(H2,25,29). The fraction of sp³-hybridized carbons (Fsp3) is 0.0870. The van der Waals surface area contributed by atoms with E-state index in [1.807, 2.05) is 12.1 Å². The van der Waals surface area contributed by atoms with Crippen LogP contribution in [-0.4, -0.2) is 20.4 Å². The number of carbonyl (C=O) groups is 1. The highest BCUT2D eigenvalue weighted by molar-refractivity contribution is 7.98. The molecule has 166 valence electrons. The van der Waals surface area contributed by atoms with Crippen molar-refractivity contribution in [2.45, 2.75) is 17.5 Å². The summed E-state index contributed by atoms with van der Waals surface area (Å²) in [5, 5.41) is 12.9. The third-order valence-corrected chi connectivity index (χ3v) is 6.43. The number of nitrogens with zero attached hydrogens (tertiary/aromatic N) is 3. The Kier molecular flexibility index (Phi) is 6.43. The van der Waals surface area contributed by atoms with Crippen molar-refractivity contribution in [2.24, 2.45) is 5.73 Å². The van der Waals surface area contributed by atoms with Crippen LogP contribution in [0, 0.1) is 10.1 Å². The highest BCUT2D eigenvalue weighted by Crippen LogP contribution is 2.29. The van der Waals surface area contributed by atoms with E-state index in [2.05, 4.69) is 4.98 Å². The number of hydrogen-bond donors (Lipinski definition) is 1. The minimum Gasteiger partial charge on any atom is -0.366 e. The van der Waals surface area contributed by atoms with Gasteiger partial charge in [-0.25, -0.2) is 4.98 Å². The van der Waals surface area contributed by atoms with Crippen LogP contribution in [0.25, 0.3) is 10.9 Å². The SMILES string of the molecule is NC(=O)c1ccc(CSc2nc3ccccc3c(=O)n2Cc2ccccc2Cl)c([N+](=O)[O-])c1. The molecular formula is C23H17ClN4O4S. The van der Waals surface area contributed by atoms with E-state index in [9.17, 15) is 19.7 Å². The minimum absolute atomic E-state index is 0.0508. The number of hydrogen-bond acceptors (Lipinski definition) is 6. The van der Waals surface area contributed by atoms with E-state index in [0.29, 0.717) is 26.6 Å². The van der Waals surface area contributed by atoms with Crippen molar-refractivity contribution in [3.05, 3.63) is 109 Å². The number of amides is 1. The van der Waals surface area contributed by atoms with Gasteiger partial charge >= 0.3 is 0 Å². The van der Waals surface area contributed by atoms with E-state index in [4.69, 9.17) is 17.3 Å². The first-order valence-corrected chi connectivity index (χ1v) is 11.1. The second-order valence-electron chi connectivity index (χ2n) is 7.15. The van der Waals surface area contributed by atoms with Gasteiger partial charge in [-0.1, -0.05) is 59.8 Å². The Balaban J connectivity index is 1.76. The second kappa shape index (κ2) is 9.43. The molecular weight excluding hydrogens is 464 g/mol. The maximum atomic E-state index is 13.3. The molecule has 0 atom stereocenters. The molecule has 0 fully saturated rings. The second-order valence-corrected chi connectivity index (χ2v) is 8.50. The van der Waals surface area contributed by atoms with E-state index >= 15 is 0 Å². The van der Waals surface area contributed by atoms with Gasteiger partial charge in [-0.15, -0.1) is 0 Å². The lowest BCUT2D eigenvalue weighted by Crippen LogP contribution is -2.24. The molecule has 0 aliphatic rings. The van der Waals surface area contributed by atoms with Crippen molar-refractivity contribution in [3.8, 4) is 0 Å². The zero-order valence-corrected chi connectivity index (χ0v) is 18.7. The summed E-state index contributed by atoms with van der Waals surface area (Å²) in [4.78, 5) is 40.3. The molecule has 4 aromatic rings. The van der Waals surface area contributed by atoms with Crippen LogP contribution in [0.3, 0.4) is 0 Å². The van der Waals surface area contributed by atoms with Gasteiger partial charge in [0.1, 0.15) is 0 Å². The Morgan fingerprint density at radius 2 is 1.82 bits per heavy atom. The molecule has 0 bridgehead atoms. The lowest BCUT2D eigenvalue weighted by Gasteiger charge is -2.14. The fourth-order valence-electron chi connectivity index (χ4n) is 3.35. The predicted octanol–water partition coefficient (Wildman–Crippen LogP) is 4.40. The molecule has 0 saturated heterocycles. The molecule has 8 nitrogen and oxygen atoms in total. The number of carbonyl (C=O) groups excluding carboxylic acids is 1. The highest BCUT2D eigenvalue weighted by Gasteiger charge is 2.19. The number of nitrogens with two attached hydrogens (primary N) is 1. The van der Waals surface area contributed by atoms with Gasteiger partial charge in [0.25, 0.3) is 11.2 Å². The number of para-hydroxylation sites is 1. The molecule has 0 saturated carbocycles. The number of nitro groups is 1. The Bertz CT molecular complexity index is 1450. The Morgan fingerprint density at radius 1 is 1.09 bits per heavy atom. The van der Waals surface area contributed by atoms with Gasteiger partial charge in [-0.2, -0.15) is 0 Å². The average molecular weight is 481 g/mol. The molecule has 10 heteroatoms. The number of benzene rings is 3. The van der Waals surface area contributed by atoms with Crippen LogP contribution in [0.15, 0.2) is 76.7 Å². The van der Waals surface area contributed by atoms with Gasteiger partial charge in [-0.05, 0) is 29.8 Å². The molecule has 1 aromatic heterocycles. The van der Waals surface area contributed by atoms with Crippen LogP contribution < -0.4 is 11.3 Å². The van der Waals surface area contributed by atoms with E-state index < -0.39 is 10.8 Å². The van der Waals surface area contributed by atoms with Crippen molar-refractivity contribution in [3.63, 3.8) is 0 Å². The molecule has 0 aliphatic carbocycles. The lowest BCUT2D eigenvalue weighted by atomic mass is 10.1. The number of rotatable bonds is 7. The first-order valence-electron chi connectivity index (χ1n) is 9.78. The van der Waals surface area contributed by atoms with Crippen molar-refractivity contribution in [1.82, 2.24) is 9.55 Å². The number of primary amides is 1. The molecule has 33 heavy (non-hydrogen) atoms. The smallest absolute Gasteiger partial charge is 0.274 e. The van der Waals surface area contributed by atoms with Gasteiger partial charge in [-0.3, -0.25) is 24.3 Å². The van der Waals surface area contributed by atoms with Crippen molar-refractivity contribution < 1.29 is 9.72 Å². The summed E-state index contributed by atoms with van der Waals surface area (Å²) in [6.45, 7) is 0.196. The van der Waals surface area contributed by atoms with Crippen LogP contribution >= 0.6 is 23.4 Å². The summed E-state index contributed by atoms with van der Waals surface area (Å²) in [6.07, 6.45) is 0. The van der Waals surface area contributed by atoms with Crippen LogP contribution in [0.5, 0.6) is 0 Å². The predicted molar refractivity (Wildman–Crippen MR) is 128 cm³/mol. The normalized spacial score (nSPS) is 10.9. The topological polar surface area (TPSA) is 121 Å².